The SMILES string of the molecule is O=C(c1ccccc1)C1C2C=CC(O2)C1C(=O)c1ccccc1. The minimum atomic E-state index is -0.444. The maximum atomic E-state index is 12.9. The summed E-state index contributed by atoms with van der Waals surface area (Å²) in [5, 5.41) is 0. The molecule has 2 aromatic rings. The Bertz CT molecular complexity index is 698. The first kappa shape index (κ1) is 14.1. The number of benzene rings is 2. The van der Waals surface area contributed by atoms with Crippen LogP contribution in [-0.4, -0.2) is 23.8 Å². The van der Waals surface area contributed by atoms with Gasteiger partial charge in [0.15, 0.2) is 11.6 Å². The van der Waals surface area contributed by atoms with Crippen molar-refractivity contribution in [2.75, 3.05) is 0 Å². The van der Waals surface area contributed by atoms with Crippen LogP contribution in [0.2, 0.25) is 0 Å². The molecule has 3 nitrogen and oxygen atoms in total. The van der Waals surface area contributed by atoms with Crippen LogP contribution in [0, 0.1) is 11.8 Å². The Kier molecular flexibility index (Phi) is 3.43. The molecule has 0 N–H and O–H groups in total. The summed E-state index contributed by atoms with van der Waals surface area (Å²) < 4.78 is 5.83. The first-order chi connectivity index (χ1) is 11.3. The molecule has 4 unspecified atom stereocenters. The lowest BCUT2D eigenvalue weighted by molar-refractivity contribution is 0.0783. The van der Waals surface area contributed by atoms with Gasteiger partial charge in [-0.1, -0.05) is 72.8 Å². The summed E-state index contributed by atoms with van der Waals surface area (Å²) >= 11 is 0. The van der Waals surface area contributed by atoms with Crippen molar-refractivity contribution in [3.63, 3.8) is 0 Å². The smallest absolute Gasteiger partial charge is 0.169 e. The molecule has 2 aliphatic heterocycles. The summed E-state index contributed by atoms with van der Waals surface area (Å²) in [6.07, 6.45) is 3.21. The van der Waals surface area contributed by atoms with Crippen molar-refractivity contribution >= 4 is 11.6 Å². The normalized spacial score (nSPS) is 28.0. The Morgan fingerprint density at radius 1 is 0.652 bits per heavy atom. The van der Waals surface area contributed by atoms with Gasteiger partial charge >= 0.3 is 0 Å². The monoisotopic (exact) mass is 304 g/mol. The molecule has 0 saturated carbocycles. The molecule has 2 aromatic carbocycles. The zero-order chi connectivity index (χ0) is 15.8. The van der Waals surface area contributed by atoms with Crippen LogP contribution in [0.5, 0.6) is 0 Å². The predicted molar refractivity (Wildman–Crippen MR) is 86.3 cm³/mol. The van der Waals surface area contributed by atoms with E-state index in [1.165, 1.54) is 0 Å². The molecule has 23 heavy (non-hydrogen) atoms. The van der Waals surface area contributed by atoms with E-state index in [-0.39, 0.29) is 23.8 Å². The summed E-state index contributed by atoms with van der Waals surface area (Å²) in [6, 6.07) is 18.3. The molecule has 2 aliphatic rings. The number of ether oxygens (including phenoxy) is 1. The minimum Gasteiger partial charge on any atom is -0.365 e. The Balaban J connectivity index is 1.69. The zero-order valence-electron chi connectivity index (χ0n) is 12.5. The lowest BCUT2D eigenvalue weighted by Crippen LogP contribution is -2.36. The van der Waals surface area contributed by atoms with Crippen molar-refractivity contribution in [3.05, 3.63) is 83.9 Å². The molecule has 3 heteroatoms. The average molecular weight is 304 g/mol. The highest BCUT2D eigenvalue weighted by Gasteiger charge is 2.52. The quantitative estimate of drug-likeness (QED) is 0.643. The van der Waals surface area contributed by atoms with Gasteiger partial charge in [0, 0.05) is 11.1 Å². The highest BCUT2D eigenvalue weighted by atomic mass is 16.5. The van der Waals surface area contributed by atoms with Crippen LogP contribution in [0.15, 0.2) is 72.8 Å². The topological polar surface area (TPSA) is 43.4 Å². The second-order valence-electron chi connectivity index (χ2n) is 5.96. The third kappa shape index (κ3) is 2.34. The van der Waals surface area contributed by atoms with Crippen LogP contribution in [0.4, 0.5) is 0 Å². The third-order valence-electron chi connectivity index (χ3n) is 4.62. The van der Waals surface area contributed by atoms with Crippen molar-refractivity contribution < 1.29 is 14.3 Å². The first-order valence-corrected chi connectivity index (χ1v) is 7.78. The number of Topliss-reactive ketones (excluding diaryl/α,β-unsaturated/α-hetero) is 2. The fourth-order valence-electron chi connectivity index (χ4n) is 3.52. The number of rotatable bonds is 4. The summed E-state index contributed by atoms with van der Waals surface area (Å²) in [7, 11) is 0. The number of hydrogen-bond acceptors (Lipinski definition) is 3. The summed E-state index contributed by atoms with van der Waals surface area (Å²) in [5.41, 5.74) is 1.26. The molecule has 4 rings (SSSR count). The highest BCUT2D eigenvalue weighted by Crippen LogP contribution is 2.42. The Labute approximate surface area is 134 Å². The number of ketones is 2. The van der Waals surface area contributed by atoms with Gasteiger partial charge in [-0.05, 0) is 0 Å². The number of hydrogen-bond donors (Lipinski definition) is 0. The molecule has 0 aromatic heterocycles. The van der Waals surface area contributed by atoms with Crippen LogP contribution in [0.3, 0.4) is 0 Å². The van der Waals surface area contributed by atoms with Gasteiger partial charge in [-0.3, -0.25) is 9.59 Å². The van der Waals surface area contributed by atoms with E-state index in [9.17, 15) is 9.59 Å². The van der Waals surface area contributed by atoms with Gasteiger partial charge in [0.05, 0.1) is 24.0 Å². The number of carbonyl (C=O) groups excluding carboxylic acids is 2. The van der Waals surface area contributed by atoms with Gasteiger partial charge < -0.3 is 4.74 Å². The van der Waals surface area contributed by atoms with Crippen LogP contribution < -0.4 is 0 Å². The van der Waals surface area contributed by atoms with Crippen LogP contribution in [0.25, 0.3) is 0 Å². The lowest BCUT2D eigenvalue weighted by atomic mass is 9.75. The third-order valence-corrected chi connectivity index (χ3v) is 4.62. The summed E-state index contributed by atoms with van der Waals surface area (Å²) in [4.78, 5) is 25.8. The minimum absolute atomic E-state index is 0.0169. The molecule has 0 radical (unpaired) electrons. The van der Waals surface area contributed by atoms with E-state index in [0.29, 0.717) is 11.1 Å². The standard InChI is InChI=1S/C20H16O3/c21-19(13-7-3-1-4-8-13)17-15-11-12-16(23-15)18(17)20(22)14-9-5-2-6-10-14/h1-12,15-18H. The van der Waals surface area contributed by atoms with Gasteiger partial charge in [0.25, 0.3) is 0 Å². The molecular weight excluding hydrogens is 288 g/mol. The van der Waals surface area contributed by atoms with Crippen molar-refractivity contribution in [2.45, 2.75) is 12.2 Å². The Morgan fingerprint density at radius 2 is 1.04 bits per heavy atom. The molecule has 1 fully saturated rings. The van der Waals surface area contributed by atoms with E-state index in [1.54, 1.807) is 24.3 Å². The second-order valence-corrected chi connectivity index (χ2v) is 5.96. The van der Waals surface area contributed by atoms with E-state index in [1.807, 2.05) is 48.6 Å². The molecule has 114 valence electrons. The second kappa shape index (κ2) is 5.60. The Hall–Kier alpha value is -2.52. The predicted octanol–water partition coefficient (Wildman–Crippen LogP) is 3.32. The molecule has 2 bridgehead atoms. The van der Waals surface area contributed by atoms with Gasteiger partial charge in [-0.2, -0.15) is 0 Å². The lowest BCUT2D eigenvalue weighted by Gasteiger charge is -2.23. The maximum Gasteiger partial charge on any atom is 0.169 e. The van der Waals surface area contributed by atoms with Gasteiger partial charge in [0.1, 0.15) is 0 Å². The fraction of sp³-hybridized carbons (Fsp3) is 0.200. The Morgan fingerprint density at radius 3 is 1.43 bits per heavy atom. The van der Waals surface area contributed by atoms with E-state index >= 15 is 0 Å². The van der Waals surface area contributed by atoms with Gasteiger partial charge in [-0.15, -0.1) is 0 Å². The summed E-state index contributed by atoms with van der Waals surface area (Å²) in [5.74, 6) is -0.923. The van der Waals surface area contributed by atoms with Crippen LogP contribution >= 0.6 is 0 Å². The molecule has 2 heterocycles. The van der Waals surface area contributed by atoms with E-state index in [0.717, 1.165) is 0 Å². The summed E-state index contributed by atoms with van der Waals surface area (Å²) in [6.45, 7) is 0. The highest BCUT2D eigenvalue weighted by molar-refractivity contribution is 6.06. The van der Waals surface area contributed by atoms with Crippen molar-refractivity contribution in [1.82, 2.24) is 0 Å². The molecule has 4 atom stereocenters. The van der Waals surface area contributed by atoms with Gasteiger partial charge in [0.2, 0.25) is 0 Å². The maximum absolute atomic E-state index is 12.9. The first-order valence-electron chi connectivity index (χ1n) is 7.78. The number of carbonyl (C=O) groups is 2. The van der Waals surface area contributed by atoms with Crippen molar-refractivity contribution in [3.8, 4) is 0 Å². The molecular formula is C20H16O3. The van der Waals surface area contributed by atoms with E-state index in [2.05, 4.69) is 0 Å². The molecule has 0 amide bonds. The fourth-order valence-corrected chi connectivity index (χ4v) is 3.52. The van der Waals surface area contributed by atoms with Crippen molar-refractivity contribution in [2.24, 2.45) is 11.8 Å². The zero-order valence-corrected chi connectivity index (χ0v) is 12.5. The average Bonchev–Trinajstić information content (AvgIpc) is 3.23. The van der Waals surface area contributed by atoms with Crippen molar-refractivity contribution in [1.29, 1.82) is 0 Å². The van der Waals surface area contributed by atoms with E-state index in [4.69, 9.17) is 4.74 Å². The van der Waals surface area contributed by atoms with E-state index < -0.39 is 11.8 Å². The number of fused-ring (bicyclic) bond motifs is 2. The molecule has 0 spiro atoms. The van der Waals surface area contributed by atoms with Crippen LogP contribution in [-0.2, 0) is 4.74 Å². The molecule has 0 aliphatic carbocycles. The van der Waals surface area contributed by atoms with Crippen LogP contribution in [0.1, 0.15) is 20.7 Å². The molecule has 1 saturated heterocycles. The van der Waals surface area contributed by atoms with Gasteiger partial charge in [-0.25, -0.2) is 0 Å². The largest absolute Gasteiger partial charge is 0.365 e.